The lowest BCUT2D eigenvalue weighted by Crippen LogP contribution is -2.27. The summed E-state index contributed by atoms with van der Waals surface area (Å²) in [5, 5.41) is 1.76. The number of fused-ring (bicyclic) bond motifs is 1. The van der Waals surface area contributed by atoms with E-state index in [-0.39, 0.29) is 18.0 Å². The van der Waals surface area contributed by atoms with Gasteiger partial charge in [0.05, 0.1) is 26.8 Å². The van der Waals surface area contributed by atoms with Gasteiger partial charge in [-0.25, -0.2) is 14.2 Å². The minimum Gasteiger partial charge on any atom is -0.434 e. The Bertz CT molecular complexity index is 989. The monoisotopic (exact) mass is 401 g/mol. The van der Waals surface area contributed by atoms with Gasteiger partial charge in [-0.15, -0.1) is 0 Å². The van der Waals surface area contributed by atoms with Crippen molar-refractivity contribution >= 4 is 12.2 Å². The summed E-state index contributed by atoms with van der Waals surface area (Å²) in [5.41, 5.74) is 3.62. The van der Waals surface area contributed by atoms with Crippen molar-refractivity contribution in [2.24, 2.45) is 0 Å². The Morgan fingerprint density at radius 2 is 1.83 bits per heavy atom. The molecule has 8 nitrogen and oxygen atoms in total. The number of aryl methyl sites for hydroxylation is 2. The first-order chi connectivity index (χ1) is 13.9. The number of rotatable bonds is 5. The highest BCUT2D eigenvalue weighted by atomic mass is 16.7. The maximum absolute atomic E-state index is 13.4. The van der Waals surface area contributed by atoms with Crippen molar-refractivity contribution in [1.82, 2.24) is 14.4 Å². The van der Waals surface area contributed by atoms with E-state index in [0.29, 0.717) is 37.3 Å². The number of carbonyl (C=O) groups is 1. The normalized spacial score (nSPS) is 14.2. The summed E-state index contributed by atoms with van der Waals surface area (Å²) in [6, 6.07) is 3.96. The van der Waals surface area contributed by atoms with Crippen LogP contribution in [0.2, 0.25) is 0 Å². The molecule has 0 unspecified atom stereocenters. The Labute approximate surface area is 169 Å². The molecule has 156 valence electrons. The van der Waals surface area contributed by atoms with Crippen LogP contribution in [-0.2, 0) is 22.7 Å². The van der Waals surface area contributed by atoms with Gasteiger partial charge in [-0.05, 0) is 31.9 Å². The van der Waals surface area contributed by atoms with Crippen LogP contribution in [-0.4, -0.2) is 47.4 Å². The third kappa shape index (κ3) is 3.99. The highest BCUT2D eigenvalue weighted by Crippen LogP contribution is 2.35. The average molecular weight is 401 g/mol. The summed E-state index contributed by atoms with van der Waals surface area (Å²) < 4.78 is 13.8. The SMILES string of the molecule is C=Cc1cc(C)cc(C)c1-c1c(OC(=O)OCC)n2n(c1=O)CCN(OC)CC2. The van der Waals surface area contributed by atoms with Crippen LogP contribution < -0.4 is 10.3 Å². The molecule has 0 spiro atoms. The van der Waals surface area contributed by atoms with E-state index in [9.17, 15) is 9.59 Å². The van der Waals surface area contributed by atoms with Crippen LogP contribution in [0.5, 0.6) is 5.88 Å². The zero-order valence-corrected chi connectivity index (χ0v) is 17.4. The van der Waals surface area contributed by atoms with E-state index >= 15 is 0 Å². The summed E-state index contributed by atoms with van der Waals surface area (Å²) in [7, 11) is 1.59. The smallest absolute Gasteiger partial charge is 0.434 e. The molecule has 2 aromatic rings. The molecule has 1 aromatic heterocycles. The van der Waals surface area contributed by atoms with Gasteiger partial charge in [0.2, 0.25) is 5.88 Å². The van der Waals surface area contributed by atoms with E-state index in [2.05, 4.69) is 6.58 Å². The molecule has 0 saturated carbocycles. The molecular weight excluding hydrogens is 374 g/mol. The van der Waals surface area contributed by atoms with E-state index in [1.807, 2.05) is 26.0 Å². The van der Waals surface area contributed by atoms with E-state index in [1.165, 1.54) is 0 Å². The molecule has 1 aliphatic heterocycles. The van der Waals surface area contributed by atoms with Gasteiger partial charge in [0, 0.05) is 18.7 Å². The molecule has 2 heterocycles. The Morgan fingerprint density at radius 3 is 2.45 bits per heavy atom. The number of hydroxylamine groups is 2. The van der Waals surface area contributed by atoms with Crippen LogP contribution in [0, 0.1) is 13.8 Å². The molecule has 3 rings (SSSR count). The van der Waals surface area contributed by atoms with Crippen molar-refractivity contribution in [3.05, 3.63) is 45.8 Å². The Kier molecular flexibility index (Phi) is 6.24. The Balaban J connectivity index is 2.24. The zero-order chi connectivity index (χ0) is 21.1. The molecule has 0 fully saturated rings. The fraction of sp³-hybridized carbons (Fsp3) is 0.429. The number of benzene rings is 1. The van der Waals surface area contributed by atoms with Crippen LogP contribution in [0.3, 0.4) is 0 Å². The van der Waals surface area contributed by atoms with E-state index in [4.69, 9.17) is 14.3 Å². The summed E-state index contributed by atoms with van der Waals surface area (Å²) in [5.74, 6) is 0.182. The van der Waals surface area contributed by atoms with Gasteiger partial charge >= 0.3 is 6.16 Å². The van der Waals surface area contributed by atoms with Crippen LogP contribution in [0.4, 0.5) is 4.79 Å². The first-order valence-electron chi connectivity index (χ1n) is 9.62. The molecule has 0 bridgehead atoms. The standard InChI is InChI=1S/C21H27N3O5/c1-6-16-13-14(3)12-15(4)17(16)18-19(25)23-10-8-22(27-5)9-11-24(23)20(18)29-21(26)28-7-2/h6,12-13H,1,7-11H2,2-5H3. The molecule has 0 amide bonds. The minimum atomic E-state index is -0.840. The highest BCUT2D eigenvalue weighted by Gasteiger charge is 2.29. The molecule has 1 aromatic carbocycles. The maximum atomic E-state index is 13.4. The van der Waals surface area contributed by atoms with Crippen molar-refractivity contribution in [2.75, 3.05) is 26.8 Å². The molecule has 0 radical (unpaired) electrons. The third-order valence-corrected chi connectivity index (χ3v) is 4.99. The molecule has 1 aliphatic rings. The number of hydrogen-bond donors (Lipinski definition) is 0. The maximum Gasteiger partial charge on any atom is 0.515 e. The number of aromatic nitrogens is 2. The first-order valence-corrected chi connectivity index (χ1v) is 9.62. The second-order valence-electron chi connectivity index (χ2n) is 6.88. The fourth-order valence-corrected chi connectivity index (χ4v) is 3.77. The van der Waals surface area contributed by atoms with Crippen LogP contribution in [0.1, 0.15) is 23.6 Å². The van der Waals surface area contributed by atoms with Crippen molar-refractivity contribution in [3.8, 4) is 17.0 Å². The Hall–Kier alpha value is -2.84. The van der Waals surface area contributed by atoms with Gasteiger partial charge in [0.25, 0.3) is 5.56 Å². The van der Waals surface area contributed by atoms with Crippen LogP contribution in [0.25, 0.3) is 17.2 Å². The molecule has 8 heteroatoms. The summed E-state index contributed by atoms with van der Waals surface area (Å²) in [6.45, 7) is 11.6. The van der Waals surface area contributed by atoms with Crippen molar-refractivity contribution in [2.45, 2.75) is 33.9 Å². The van der Waals surface area contributed by atoms with Crippen molar-refractivity contribution in [3.63, 3.8) is 0 Å². The second kappa shape index (κ2) is 8.67. The third-order valence-electron chi connectivity index (χ3n) is 4.99. The average Bonchev–Trinajstić information content (AvgIpc) is 2.83. The predicted molar refractivity (Wildman–Crippen MR) is 110 cm³/mol. The van der Waals surface area contributed by atoms with Gasteiger partial charge < -0.3 is 14.3 Å². The second-order valence-corrected chi connectivity index (χ2v) is 6.88. The fourth-order valence-electron chi connectivity index (χ4n) is 3.77. The van der Waals surface area contributed by atoms with Gasteiger partial charge in [0.15, 0.2) is 0 Å². The summed E-state index contributed by atoms with van der Waals surface area (Å²) in [4.78, 5) is 30.9. The number of nitrogens with zero attached hydrogens (tertiary/aromatic N) is 3. The van der Waals surface area contributed by atoms with E-state index < -0.39 is 6.16 Å². The molecule has 0 atom stereocenters. The van der Waals surface area contributed by atoms with Gasteiger partial charge in [-0.2, -0.15) is 5.06 Å². The van der Waals surface area contributed by atoms with Crippen LogP contribution >= 0.6 is 0 Å². The molecule has 0 N–H and O–H groups in total. The lowest BCUT2D eigenvalue weighted by atomic mass is 9.94. The van der Waals surface area contributed by atoms with E-state index in [1.54, 1.807) is 34.5 Å². The zero-order valence-electron chi connectivity index (χ0n) is 17.4. The lowest BCUT2D eigenvalue weighted by molar-refractivity contribution is -0.130. The van der Waals surface area contributed by atoms with Gasteiger partial charge in [-0.1, -0.05) is 30.4 Å². The molecular formula is C21H27N3O5. The lowest BCUT2D eigenvalue weighted by Gasteiger charge is -2.16. The summed E-state index contributed by atoms with van der Waals surface area (Å²) in [6.07, 6.45) is 0.871. The molecule has 0 saturated heterocycles. The predicted octanol–water partition coefficient (Wildman–Crippen LogP) is 2.99. The number of carbonyl (C=O) groups excluding carboxylic acids is 1. The number of ether oxygens (including phenoxy) is 2. The number of hydrogen-bond acceptors (Lipinski definition) is 6. The highest BCUT2D eigenvalue weighted by molar-refractivity contribution is 5.82. The largest absolute Gasteiger partial charge is 0.515 e. The quantitative estimate of drug-likeness (QED) is 0.717. The topological polar surface area (TPSA) is 74.9 Å². The van der Waals surface area contributed by atoms with Crippen LogP contribution in [0.15, 0.2) is 23.5 Å². The molecule has 29 heavy (non-hydrogen) atoms. The van der Waals surface area contributed by atoms with Gasteiger partial charge in [-0.3, -0.25) is 4.79 Å². The van der Waals surface area contributed by atoms with Crippen molar-refractivity contribution < 1.29 is 19.1 Å². The minimum absolute atomic E-state index is 0.179. The summed E-state index contributed by atoms with van der Waals surface area (Å²) >= 11 is 0. The van der Waals surface area contributed by atoms with Crippen molar-refractivity contribution in [1.29, 1.82) is 0 Å². The Morgan fingerprint density at radius 1 is 1.14 bits per heavy atom. The van der Waals surface area contributed by atoms with E-state index in [0.717, 1.165) is 16.7 Å². The first kappa shape index (κ1) is 20.9. The molecule has 0 aliphatic carbocycles. The van der Waals surface area contributed by atoms with Gasteiger partial charge in [0.1, 0.15) is 5.56 Å².